The van der Waals surface area contributed by atoms with Crippen molar-refractivity contribution >= 4 is 11.6 Å². The first kappa shape index (κ1) is 14.3. The van der Waals surface area contributed by atoms with Crippen LogP contribution in [-0.4, -0.2) is 43.5 Å². The Morgan fingerprint density at radius 3 is 2.95 bits per heavy atom. The standard InChI is InChI=1S/C16H22FN3O/c1-11(18-2)14-9-12(17)3-5-15(14)19-7-8-20-13(10-19)4-6-16(20)21/h3,5,9,11,13,18H,4,6-8,10H2,1-2H3. The number of carbonyl (C=O) groups excluding carboxylic acids is 1. The average Bonchev–Trinajstić information content (AvgIpc) is 2.87. The van der Waals surface area contributed by atoms with Gasteiger partial charge in [-0.3, -0.25) is 4.79 Å². The van der Waals surface area contributed by atoms with Crippen LogP contribution < -0.4 is 10.2 Å². The second kappa shape index (κ2) is 5.64. The third kappa shape index (κ3) is 2.62. The van der Waals surface area contributed by atoms with E-state index in [1.54, 1.807) is 6.07 Å². The molecule has 5 heteroatoms. The lowest BCUT2D eigenvalue weighted by Gasteiger charge is -2.40. The number of anilines is 1. The molecule has 1 aromatic rings. The SMILES string of the molecule is CNC(C)c1cc(F)ccc1N1CCN2C(=O)CCC2C1. The van der Waals surface area contributed by atoms with Crippen molar-refractivity contribution in [3.8, 4) is 0 Å². The zero-order chi connectivity index (χ0) is 15.0. The molecule has 0 radical (unpaired) electrons. The largest absolute Gasteiger partial charge is 0.367 e. The molecule has 2 fully saturated rings. The molecular weight excluding hydrogens is 269 g/mol. The quantitative estimate of drug-likeness (QED) is 0.924. The highest BCUT2D eigenvalue weighted by Gasteiger charge is 2.36. The van der Waals surface area contributed by atoms with Gasteiger partial charge in [-0.2, -0.15) is 0 Å². The lowest BCUT2D eigenvalue weighted by molar-refractivity contribution is -0.129. The number of carbonyl (C=O) groups is 1. The number of benzene rings is 1. The van der Waals surface area contributed by atoms with Crippen LogP contribution in [0.2, 0.25) is 0 Å². The molecule has 1 N–H and O–H groups in total. The summed E-state index contributed by atoms with van der Waals surface area (Å²) in [5.74, 6) is 0.0769. The fourth-order valence-electron chi connectivity index (χ4n) is 3.40. The fourth-order valence-corrected chi connectivity index (χ4v) is 3.40. The lowest BCUT2D eigenvalue weighted by atomic mass is 10.0. The Morgan fingerprint density at radius 2 is 2.19 bits per heavy atom. The van der Waals surface area contributed by atoms with Crippen LogP contribution in [0, 0.1) is 5.82 Å². The number of nitrogens with zero attached hydrogens (tertiary/aromatic N) is 2. The van der Waals surface area contributed by atoms with Crippen LogP contribution in [0.5, 0.6) is 0 Å². The number of amides is 1. The van der Waals surface area contributed by atoms with Gasteiger partial charge in [-0.25, -0.2) is 4.39 Å². The van der Waals surface area contributed by atoms with E-state index in [9.17, 15) is 9.18 Å². The molecule has 114 valence electrons. The summed E-state index contributed by atoms with van der Waals surface area (Å²) in [6, 6.07) is 5.41. The van der Waals surface area contributed by atoms with E-state index in [-0.39, 0.29) is 17.8 Å². The fraction of sp³-hybridized carbons (Fsp3) is 0.562. The van der Waals surface area contributed by atoms with Crippen LogP contribution in [0.25, 0.3) is 0 Å². The zero-order valence-electron chi connectivity index (χ0n) is 12.6. The summed E-state index contributed by atoms with van der Waals surface area (Å²) in [6.07, 6.45) is 1.61. The number of nitrogens with one attached hydrogen (secondary N) is 1. The molecule has 2 aliphatic heterocycles. The number of piperazine rings is 1. The van der Waals surface area contributed by atoms with Gasteiger partial charge in [0.2, 0.25) is 5.91 Å². The number of fused-ring (bicyclic) bond motifs is 1. The summed E-state index contributed by atoms with van der Waals surface area (Å²) in [5, 5.41) is 3.18. The number of halogens is 1. The molecule has 2 atom stereocenters. The Balaban J connectivity index is 1.86. The first-order valence-electron chi connectivity index (χ1n) is 7.61. The van der Waals surface area contributed by atoms with Crippen LogP contribution in [0.1, 0.15) is 31.4 Å². The number of hydrogen-bond acceptors (Lipinski definition) is 3. The molecule has 0 saturated carbocycles. The summed E-state index contributed by atoms with van der Waals surface area (Å²) < 4.78 is 13.6. The Hall–Kier alpha value is -1.62. The first-order valence-corrected chi connectivity index (χ1v) is 7.61. The van der Waals surface area contributed by atoms with E-state index >= 15 is 0 Å². The van der Waals surface area contributed by atoms with Gasteiger partial charge in [0.15, 0.2) is 0 Å². The van der Waals surface area contributed by atoms with Crippen LogP contribution in [0.4, 0.5) is 10.1 Å². The first-order chi connectivity index (χ1) is 10.1. The average molecular weight is 291 g/mol. The second-order valence-electron chi connectivity index (χ2n) is 5.94. The van der Waals surface area contributed by atoms with E-state index in [1.807, 2.05) is 24.9 Å². The van der Waals surface area contributed by atoms with Gasteiger partial charge in [0.1, 0.15) is 5.82 Å². The summed E-state index contributed by atoms with van der Waals surface area (Å²) in [4.78, 5) is 16.1. The normalized spacial score (nSPS) is 23.4. The topological polar surface area (TPSA) is 35.6 Å². The van der Waals surface area contributed by atoms with Crippen molar-refractivity contribution in [3.63, 3.8) is 0 Å². The molecular formula is C16H22FN3O. The molecule has 2 aliphatic rings. The smallest absolute Gasteiger partial charge is 0.223 e. The number of hydrogen-bond donors (Lipinski definition) is 1. The highest BCUT2D eigenvalue weighted by atomic mass is 19.1. The van der Waals surface area contributed by atoms with E-state index in [2.05, 4.69) is 10.2 Å². The van der Waals surface area contributed by atoms with Crippen molar-refractivity contribution in [3.05, 3.63) is 29.6 Å². The zero-order valence-corrected chi connectivity index (χ0v) is 12.6. The minimum absolute atomic E-state index is 0.0962. The highest BCUT2D eigenvalue weighted by Crippen LogP contribution is 2.31. The predicted octanol–water partition coefficient (Wildman–Crippen LogP) is 1.92. The van der Waals surface area contributed by atoms with Crippen molar-refractivity contribution in [2.24, 2.45) is 0 Å². The highest BCUT2D eigenvalue weighted by molar-refractivity contribution is 5.79. The van der Waals surface area contributed by atoms with Crippen molar-refractivity contribution in [2.75, 3.05) is 31.6 Å². The van der Waals surface area contributed by atoms with Crippen LogP contribution >= 0.6 is 0 Å². The van der Waals surface area contributed by atoms with Crippen molar-refractivity contribution in [2.45, 2.75) is 31.8 Å². The van der Waals surface area contributed by atoms with E-state index in [0.29, 0.717) is 12.5 Å². The monoisotopic (exact) mass is 291 g/mol. The Kier molecular flexibility index (Phi) is 3.85. The third-order valence-corrected chi connectivity index (χ3v) is 4.72. The minimum atomic E-state index is -0.203. The van der Waals surface area contributed by atoms with Crippen molar-refractivity contribution in [1.82, 2.24) is 10.2 Å². The minimum Gasteiger partial charge on any atom is -0.367 e. The molecule has 1 amide bonds. The van der Waals surface area contributed by atoms with Gasteiger partial charge in [-0.05, 0) is 44.2 Å². The molecule has 2 heterocycles. The van der Waals surface area contributed by atoms with Gasteiger partial charge in [-0.1, -0.05) is 0 Å². The van der Waals surface area contributed by atoms with Gasteiger partial charge >= 0.3 is 0 Å². The Bertz CT molecular complexity index is 548. The molecule has 0 aliphatic carbocycles. The molecule has 0 bridgehead atoms. The lowest BCUT2D eigenvalue weighted by Crippen LogP contribution is -2.51. The van der Waals surface area contributed by atoms with E-state index in [0.717, 1.165) is 37.3 Å². The van der Waals surface area contributed by atoms with Crippen LogP contribution in [0.15, 0.2) is 18.2 Å². The maximum Gasteiger partial charge on any atom is 0.223 e. The van der Waals surface area contributed by atoms with E-state index < -0.39 is 0 Å². The van der Waals surface area contributed by atoms with Gasteiger partial charge in [0.05, 0.1) is 0 Å². The molecule has 1 aromatic carbocycles. The van der Waals surface area contributed by atoms with E-state index in [1.165, 1.54) is 6.07 Å². The van der Waals surface area contributed by atoms with Gasteiger partial charge in [0.25, 0.3) is 0 Å². The summed E-state index contributed by atoms with van der Waals surface area (Å²) >= 11 is 0. The van der Waals surface area contributed by atoms with Gasteiger partial charge in [-0.15, -0.1) is 0 Å². The van der Waals surface area contributed by atoms with E-state index in [4.69, 9.17) is 0 Å². The maximum atomic E-state index is 13.6. The Labute approximate surface area is 124 Å². The van der Waals surface area contributed by atoms with Crippen molar-refractivity contribution < 1.29 is 9.18 Å². The maximum absolute atomic E-state index is 13.6. The molecule has 2 saturated heterocycles. The Morgan fingerprint density at radius 1 is 1.38 bits per heavy atom. The molecule has 0 aromatic heterocycles. The summed E-state index contributed by atoms with van der Waals surface area (Å²) in [6.45, 7) is 4.47. The predicted molar refractivity (Wildman–Crippen MR) is 80.8 cm³/mol. The second-order valence-corrected chi connectivity index (χ2v) is 5.94. The molecule has 2 unspecified atom stereocenters. The number of rotatable bonds is 3. The summed E-state index contributed by atoms with van der Waals surface area (Å²) in [5.41, 5.74) is 2.06. The molecule has 4 nitrogen and oxygen atoms in total. The third-order valence-electron chi connectivity index (χ3n) is 4.72. The van der Waals surface area contributed by atoms with Gasteiger partial charge < -0.3 is 15.1 Å². The van der Waals surface area contributed by atoms with Crippen molar-refractivity contribution in [1.29, 1.82) is 0 Å². The van der Waals surface area contributed by atoms with Gasteiger partial charge in [0, 0.05) is 43.8 Å². The molecule has 3 rings (SSSR count). The van der Waals surface area contributed by atoms with Crippen LogP contribution in [-0.2, 0) is 4.79 Å². The van der Waals surface area contributed by atoms with Crippen LogP contribution in [0.3, 0.4) is 0 Å². The molecule has 21 heavy (non-hydrogen) atoms. The molecule has 0 spiro atoms. The summed E-state index contributed by atoms with van der Waals surface area (Å²) in [7, 11) is 1.88.